The molecule has 3 rings (SSSR count). The molecule has 0 saturated heterocycles. The molecule has 3 aromatic rings. The summed E-state index contributed by atoms with van der Waals surface area (Å²) in [7, 11) is 3.80. The number of rotatable bonds is 3. The lowest BCUT2D eigenvalue weighted by Crippen LogP contribution is -2.14. The number of nitrogens with zero attached hydrogens (tertiary/aromatic N) is 2. The van der Waals surface area contributed by atoms with Gasteiger partial charge in [-0.25, -0.2) is 9.37 Å². The summed E-state index contributed by atoms with van der Waals surface area (Å²) in [6.07, 6.45) is 0. The zero-order valence-corrected chi connectivity index (χ0v) is 14.7. The molecule has 1 amide bonds. The molecule has 1 aromatic heterocycles. The molecule has 4 nitrogen and oxygen atoms in total. The number of hydrogen-bond acceptors (Lipinski definition) is 3. The van der Waals surface area contributed by atoms with Gasteiger partial charge in [-0.2, -0.15) is 0 Å². The minimum Gasteiger partial charge on any atom is -0.362 e. The van der Waals surface area contributed by atoms with E-state index >= 15 is 0 Å². The summed E-state index contributed by atoms with van der Waals surface area (Å²) in [4.78, 5) is 17.8. The second kappa shape index (κ2) is 6.51. The number of amides is 1. The molecule has 0 atom stereocenters. The lowest BCUT2D eigenvalue weighted by Gasteiger charge is -2.17. The number of anilines is 2. The summed E-state index contributed by atoms with van der Waals surface area (Å²) in [5, 5.41) is 4.63. The van der Waals surface area contributed by atoms with Gasteiger partial charge in [-0.15, -0.1) is 0 Å². The van der Waals surface area contributed by atoms with Gasteiger partial charge in [-0.3, -0.25) is 4.79 Å². The zero-order valence-electron chi connectivity index (χ0n) is 14.7. The van der Waals surface area contributed by atoms with Crippen LogP contribution in [0.4, 0.5) is 16.0 Å². The van der Waals surface area contributed by atoms with Crippen LogP contribution in [0.5, 0.6) is 0 Å². The summed E-state index contributed by atoms with van der Waals surface area (Å²) in [6, 6.07) is 12.6. The molecule has 0 unspecified atom stereocenters. The van der Waals surface area contributed by atoms with Gasteiger partial charge < -0.3 is 10.2 Å². The lowest BCUT2D eigenvalue weighted by atomic mass is 9.98. The monoisotopic (exact) mass is 337 g/mol. The van der Waals surface area contributed by atoms with E-state index in [1.165, 1.54) is 13.0 Å². The molecule has 1 heterocycles. The van der Waals surface area contributed by atoms with Crippen LogP contribution in [0.3, 0.4) is 0 Å². The van der Waals surface area contributed by atoms with E-state index in [1.807, 2.05) is 50.2 Å². The van der Waals surface area contributed by atoms with Crippen molar-refractivity contribution in [3.8, 4) is 11.1 Å². The predicted molar refractivity (Wildman–Crippen MR) is 101 cm³/mol. The quantitative estimate of drug-likeness (QED) is 0.772. The highest BCUT2D eigenvalue weighted by Gasteiger charge is 2.11. The fraction of sp³-hybridized carbons (Fsp3) is 0.200. The first-order valence-electron chi connectivity index (χ1n) is 8.01. The van der Waals surface area contributed by atoms with Crippen LogP contribution in [-0.4, -0.2) is 25.0 Å². The Bertz CT molecular complexity index is 967. The summed E-state index contributed by atoms with van der Waals surface area (Å²) in [5.74, 6) is 0.840. The Hall–Kier alpha value is -2.95. The maximum atomic E-state index is 13.7. The van der Waals surface area contributed by atoms with Gasteiger partial charge in [0.15, 0.2) is 0 Å². The van der Waals surface area contributed by atoms with Crippen LogP contribution in [0.1, 0.15) is 12.5 Å². The Morgan fingerprint density at radius 3 is 2.56 bits per heavy atom. The van der Waals surface area contributed by atoms with Crippen molar-refractivity contribution >= 4 is 28.3 Å². The van der Waals surface area contributed by atoms with Crippen LogP contribution in [0.15, 0.2) is 42.5 Å². The number of nitrogens with one attached hydrogen (secondary N) is 1. The van der Waals surface area contributed by atoms with Crippen LogP contribution < -0.4 is 10.2 Å². The van der Waals surface area contributed by atoms with Gasteiger partial charge in [0.2, 0.25) is 5.91 Å². The molecule has 1 N–H and O–H groups in total. The van der Waals surface area contributed by atoms with E-state index in [2.05, 4.69) is 10.3 Å². The number of benzene rings is 2. The Balaban J connectivity index is 2.21. The number of fused-ring (bicyclic) bond motifs is 1. The van der Waals surface area contributed by atoms with Crippen LogP contribution in [0.25, 0.3) is 21.9 Å². The fourth-order valence-corrected chi connectivity index (χ4v) is 2.89. The molecule has 25 heavy (non-hydrogen) atoms. The highest BCUT2D eigenvalue weighted by Crippen LogP contribution is 2.32. The van der Waals surface area contributed by atoms with Gasteiger partial charge in [-0.1, -0.05) is 18.2 Å². The normalized spacial score (nSPS) is 10.8. The number of carbonyl (C=O) groups excluding carboxylic acids is 1. The Labute approximate surface area is 146 Å². The average molecular weight is 337 g/mol. The van der Waals surface area contributed by atoms with Gasteiger partial charge in [0.1, 0.15) is 17.5 Å². The van der Waals surface area contributed by atoms with E-state index in [0.717, 1.165) is 33.3 Å². The van der Waals surface area contributed by atoms with Gasteiger partial charge >= 0.3 is 0 Å². The summed E-state index contributed by atoms with van der Waals surface area (Å²) in [5.41, 5.74) is 2.80. The van der Waals surface area contributed by atoms with Crippen LogP contribution in [0, 0.1) is 12.7 Å². The number of carbonyl (C=O) groups is 1. The first kappa shape index (κ1) is 16.9. The van der Waals surface area contributed by atoms with Gasteiger partial charge in [0.05, 0.1) is 0 Å². The average Bonchev–Trinajstić information content (AvgIpc) is 2.55. The standard InChI is InChI=1S/C20H20FN3O/c1-12-5-8-16(21)11-17(12)14-6-7-15-10-19(22-13(2)25)23-20(24(3)4)18(15)9-14/h5-11H,1-4H3,(H,22,23,25). The molecule has 0 bridgehead atoms. The number of aromatic nitrogens is 1. The zero-order chi connectivity index (χ0) is 18.1. The molecule has 128 valence electrons. The minimum atomic E-state index is -0.257. The first-order valence-corrected chi connectivity index (χ1v) is 8.01. The van der Waals surface area contributed by atoms with Crippen molar-refractivity contribution in [2.24, 2.45) is 0 Å². The second-order valence-electron chi connectivity index (χ2n) is 6.30. The van der Waals surface area contributed by atoms with E-state index < -0.39 is 0 Å². The maximum Gasteiger partial charge on any atom is 0.222 e. The fourth-order valence-electron chi connectivity index (χ4n) is 2.89. The second-order valence-corrected chi connectivity index (χ2v) is 6.30. The highest BCUT2D eigenvalue weighted by molar-refractivity contribution is 5.99. The number of pyridine rings is 1. The summed E-state index contributed by atoms with van der Waals surface area (Å²) >= 11 is 0. The van der Waals surface area contributed by atoms with Crippen molar-refractivity contribution in [1.29, 1.82) is 0 Å². The number of hydrogen-bond donors (Lipinski definition) is 1. The highest BCUT2D eigenvalue weighted by atomic mass is 19.1. The third-order valence-electron chi connectivity index (χ3n) is 4.05. The molecule has 0 spiro atoms. The van der Waals surface area contributed by atoms with E-state index in [1.54, 1.807) is 12.1 Å². The Morgan fingerprint density at radius 2 is 1.88 bits per heavy atom. The van der Waals surface area contributed by atoms with Gasteiger partial charge in [0, 0.05) is 26.4 Å². The first-order chi connectivity index (χ1) is 11.8. The minimum absolute atomic E-state index is 0.163. The Morgan fingerprint density at radius 1 is 1.12 bits per heavy atom. The molecule has 0 radical (unpaired) electrons. The number of halogens is 1. The summed E-state index contributed by atoms with van der Waals surface area (Å²) < 4.78 is 13.7. The van der Waals surface area contributed by atoms with E-state index in [-0.39, 0.29) is 11.7 Å². The van der Waals surface area contributed by atoms with E-state index in [9.17, 15) is 9.18 Å². The molecule has 0 aliphatic rings. The molecule has 0 fully saturated rings. The molecule has 2 aromatic carbocycles. The molecule has 0 saturated carbocycles. The smallest absolute Gasteiger partial charge is 0.222 e. The molecular formula is C20H20FN3O. The number of aryl methyl sites for hydroxylation is 1. The van der Waals surface area contributed by atoms with E-state index in [4.69, 9.17) is 0 Å². The molecule has 0 aliphatic carbocycles. The Kier molecular flexibility index (Phi) is 4.40. The van der Waals surface area contributed by atoms with Crippen molar-refractivity contribution in [3.05, 3.63) is 53.8 Å². The largest absolute Gasteiger partial charge is 0.362 e. The lowest BCUT2D eigenvalue weighted by molar-refractivity contribution is -0.114. The topological polar surface area (TPSA) is 45.2 Å². The SMILES string of the molecule is CC(=O)Nc1cc2ccc(-c3cc(F)ccc3C)cc2c(N(C)C)n1. The van der Waals surface area contributed by atoms with Crippen molar-refractivity contribution in [1.82, 2.24) is 4.98 Å². The molecule has 0 aliphatic heterocycles. The third kappa shape index (κ3) is 3.45. The third-order valence-corrected chi connectivity index (χ3v) is 4.05. The van der Waals surface area contributed by atoms with Crippen LogP contribution in [-0.2, 0) is 4.79 Å². The van der Waals surface area contributed by atoms with Crippen molar-refractivity contribution in [2.45, 2.75) is 13.8 Å². The van der Waals surface area contributed by atoms with E-state index in [0.29, 0.717) is 5.82 Å². The van der Waals surface area contributed by atoms with Crippen molar-refractivity contribution < 1.29 is 9.18 Å². The van der Waals surface area contributed by atoms with Crippen LogP contribution in [0.2, 0.25) is 0 Å². The van der Waals surface area contributed by atoms with Crippen LogP contribution >= 0.6 is 0 Å². The molecule has 5 heteroatoms. The predicted octanol–water partition coefficient (Wildman–Crippen LogP) is 4.37. The van der Waals surface area contributed by atoms with Gasteiger partial charge in [-0.05, 0) is 53.3 Å². The van der Waals surface area contributed by atoms with Gasteiger partial charge in [0.25, 0.3) is 0 Å². The molecular weight excluding hydrogens is 317 g/mol. The maximum absolute atomic E-state index is 13.7. The van der Waals surface area contributed by atoms with Crippen molar-refractivity contribution in [2.75, 3.05) is 24.3 Å². The summed E-state index contributed by atoms with van der Waals surface area (Å²) in [6.45, 7) is 3.42. The van der Waals surface area contributed by atoms with Crippen molar-refractivity contribution in [3.63, 3.8) is 0 Å².